The van der Waals surface area contributed by atoms with E-state index in [2.05, 4.69) is 20.5 Å². The molecule has 0 spiro atoms. The zero-order valence-corrected chi connectivity index (χ0v) is 17.9. The molecule has 158 valence electrons. The van der Waals surface area contributed by atoms with Gasteiger partial charge in [0.1, 0.15) is 17.7 Å². The number of hydrogen-bond acceptors (Lipinski definition) is 5. The standard InChI is InChI=1S/C22H21FN6OS/c1-28-13-12-24-21(28)19(15-8-4-3-5-9-15)25-18(30)14-31-22-27-26-20(29(22)2)16-10-6-7-11-17(16)23/h3-13,19H,14H2,1-2H3,(H,25,30)/t19-/m1/s1. The van der Waals surface area contributed by atoms with Gasteiger partial charge in [-0.15, -0.1) is 10.2 Å². The first-order valence-electron chi connectivity index (χ1n) is 9.63. The second-order valence-electron chi connectivity index (χ2n) is 6.94. The van der Waals surface area contributed by atoms with Crippen LogP contribution in [0.25, 0.3) is 11.4 Å². The molecule has 0 aliphatic rings. The van der Waals surface area contributed by atoms with Crippen LogP contribution >= 0.6 is 11.8 Å². The molecule has 2 aromatic heterocycles. The SMILES string of the molecule is Cn1ccnc1[C@H](NC(=O)CSc1nnc(-c2ccccc2F)n1C)c1ccccc1. The Morgan fingerprint density at radius 1 is 1.10 bits per heavy atom. The van der Waals surface area contributed by atoms with Gasteiger partial charge in [-0.2, -0.15) is 0 Å². The summed E-state index contributed by atoms with van der Waals surface area (Å²) in [6.45, 7) is 0. The van der Waals surface area contributed by atoms with Crippen LogP contribution in [0.5, 0.6) is 0 Å². The first kappa shape index (κ1) is 20.8. The third kappa shape index (κ3) is 4.51. The van der Waals surface area contributed by atoms with Gasteiger partial charge < -0.3 is 14.5 Å². The van der Waals surface area contributed by atoms with Crippen molar-refractivity contribution in [3.8, 4) is 11.4 Å². The number of hydrogen-bond donors (Lipinski definition) is 1. The van der Waals surface area contributed by atoms with Crippen LogP contribution < -0.4 is 5.32 Å². The van der Waals surface area contributed by atoms with Crippen molar-refractivity contribution >= 4 is 17.7 Å². The number of rotatable bonds is 7. The number of amides is 1. The van der Waals surface area contributed by atoms with E-state index in [1.165, 1.54) is 17.8 Å². The van der Waals surface area contributed by atoms with Crippen LogP contribution in [0.2, 0.25) is 0 Å². The van der Waals surface area contributed by atoms with E-state index in [-0.39, 0.29) is 23.5 Å². The van der Waals surface area contributed by atoms with Gasteiger partial charge in [-0.1, -0.05) is 54.2 Å². The smallest absolute Gasteiger partial charge is 0.231 e. The summed E-state index contributed by atoms with van der Waals surface area (Å²) < 4.78 is 17.7. The summed E-state index contributed by atoms with van der Waals surface area (Å²) in [6.07, 6.45) is 3.55. The fraction of sp³-hybridized carbons (Fsp3) is 0.182. The number of thioether (sulfide) groups is 1. The molecule has 9 heteroatoms. The highest BCUT2D eigenvalue weighted by Gasteiger charge is 2.21. The third-order valence-electron chi connectivity index (χ3n) is 4.84. The molecule has 4 aromatic rings. The van der Waals surface area contributed by atoms with Crippen molar-refractivity contribution in [3.05, 3.63) is 84.2 Å². The zero-order valence-electron chi connectivity index (χ0n) is 17.1. The minimum absolute atomic E-state index is 0.136. The first-order chi connectivity index (χ1) is 15.0. The second-order valence-corrected chi connectivity index (χ2v) is 7.88. The fourth-order valence-electron chi connectivity index (χ4n) is 3.25. The average molecular weight is 437 g/mol. The molecule has 0 aliphatic heterocycles. The topological polar surface area (TPSA) is 77.6 Å². The van der Waals surface area contributed by atoms with Crippen LogP contribution in [0.3, 0.4) is 0 Å². The summed E-state index contributed by atoms with van der Waals surface area (Å²) in [5, 5.41) is 11.8. The lowest BCUT2D eigenvalue weighted by Crippen LogP contribution is -2.32. The Balaban J connectivity index is 1.47. The van der Waals surface area contributed by atoms with Crippen LogP contribution in [-0.4, -0.2) is 36.0 Å². The van der Waals surface area contributed by atoms with Crippen LogP contribution in [0.1, 0.15) is 17.4 Å². The molecular formula is C22H21FN6OS. The molecule has 0 saturated carbocycles. The van der Waals surface area contributed by atoms with Gasteiger partial charge >= 0.3 is 0 Å². The van der Waals surface area contributed by atoms with E-state index in [1.807, 2.05) is 48.1 Å². The van der Waals surface area contributed by atoms with Crippen LogP contribution in [0, 0.1) is 5.82 Å². The van der Waals surface area contributed by atoms with Gasteiger partial charge in [-0.3, -0.25) is 4.79 Å². The van der Waals surface area contributed by atoms with Crippen molar-refractivity contribution in [2.24, 2.45) is 14.1 Å². The van der Waals surface area contributed by atoms with Crippen LogP contribution in [0.4, 0.5) is 4.39 Å². The fourth-order valence-corrected chi connectivity index (χ4v) is 3.97. The van der Waals surface area contributed by atoms with Gasteiger partial charge in [0.25, 0.3) is 0 Å². The van der Waals surface area contributed by atoms with Crippen molar-refractivity contribution in [2.45, 2.75) is 11.2 Å². The Morgan fingerprint density at radius 2 is 1.84 bits per heavy atom. The number of benzene rings is 2. The lowest BCUT2D eigenvalue weighted by atomic mass is 10.1. The molecule has 2 aromatic carbocycles. The van der Waals surface area contributed by atoms with Gasteiger partial charge in [0.2, 0.25) is 5.91 Å². The molecule has 31 heavy (non-hydrogen) atoms. The van der Waals surface area contributed by atoms with Gasteiger partial charge in [0, 0.05) is 26.5 Å². The predicted molar refractivity (Wildman–Crippen MR) is 117 cm³/mol. The third-order valence-corrected chi connectivity index (χ3v) is 5.86. The number of aromatic nitrogens is 5. The largest absolute Gasteiger partial charge is 0.341 e. The molecule has 1 atom stereocenters. The molecule has 0 saturated heterocycles. The molecule has 0 fully saturated rings. The van der Waals surface area contributed by atoms with Crippen LogP contribution in [0.15, 0.2) is 72.1 Å². The van der Waals surface area contributed by atoms with E-state index in [4.69, 9.17) is 0 Å². The summed E-state index contributed by atoms with van der Waals surface area (Å²) in [7, 11) is 3.64. The zero-order chi connectivity index (χ0) is 21.8. The molecule has 2 heterocycles. The summed E-state index contributed by atoms with van der Waals surface area (Å²) in [5.74, 6) is 0.753. The van der Waals surface area contributed by atoms with Crippen molar-refractivity contribution in [2.75, 3.05) is 5.75 Å². The van der Waals surface area contributed by atoms with Gasteiger partial charge in [-0.05, 0) is 17.7 Å². The summed E-state index contributed by atoms with van der Waals surface area (Å²) in [6, 6.07) is 15.7. The lowest BCUT2D eigenvalue weighted by Gasteiger charge is -2.19. The van der Waals surface area contributed by atoms with Crippen molar-refractivity contribution in [1.82, 2.24) is 29.6 Å². The number of carbonyl (C=O) groups excluding carboxylic acids is 1. The Labute approximate surface area is 183 Å². The predicted octanol–water partition coefficient (Wildman–Crippen LogP) is 3.35. The number of imidazole rings is 1. The Bertz CT molecular complexity index is 1190. The minimum Gasteiger partial charge on any atom is -0.341 e. The van der Waals surface area contributed by atoms with Crippen molar-refractivity contribution in [1.29, 1.82) is 0 Å². The maximum atomic E-state index is 14.1. The van der Waals surface area contributed by atoms with E-state index in [0.717, 1.165) is 11.4 Å². The number of aryl methyl sites for hydroxylation is 1. The van der Waals surface area contributed by atoms with Crippen LogP contribution in [-0.2, 0) is 18.9 Å². The summed E-state index contributed by atoms with van der Waals surface area (Å²) in [5.41, 5.74) is 1.31. The normalized spacial score (nSPS) is 12.0. The number of nitrogens with one attached hydrogen (secondary N) is 1. The summed E-state index contributed by atoms with van der Waals surface area (Å²) >= 11 is 1.24. The monoisotopic (exact) mass is 436 g/mol. The quantitative estimate of drug-likeness (QED) is 0.450. The molecule has 0 unspecified atom stereocenters. The highest BCUT2D eigenvalue weighted by atomic mass is 32.2. The number of carbonyl (C=O) groups is 1. The highest BCUT2D eigenvalue weighted by molar-refractivity contribution is 7.99. The Hall–Kier alpha value is -3.46. The maximum Gasteiger partial charge on any atom is 0.231 e. The average Bonchev–Trinajstić information content (AvgIpc) is 3.37. The molecule has 0 aliphatic carbocycles. The van der Waals surface area contributed by atoms with E-state index in [0.29, 0.717) is 16.5 Å². The highest BCUT2D eigenvalue weighted by Crippen LogP contribution is 2.25. The van der Waals surface area contributed by atoms with Gasteiger partial charge in [-0.25, -0.2) is 9.37 Å². The molecular weight excluding hydrogens is 415 g/mol. The maximum absolute atomic E-state index is 14.1. The molecule has 1 N–H and O–H groups in total. The van der Waals surface area contributed by atoms with Crippen molar-refractivity contribution in [3.63, 3.8) is 0 Å². The first-order valence-corrected chi connectivity index (χ1v) is 10.6. The molecule has 0 radical (unpaired) electrons. The number of halogens is 1. The lowest BCUT2D eigenvalue weighted by molar-refractivity contribution is -0.119. The molecule has 7 nitrogen and oxygen atoms in total. The van der Waals surface area contributed by atoms with Crippen molar-refractivity contribution < 1.29 is 9.18 Å². The Kier molecular flexibility index (Phi) is 6.13. The van der Waals surface area contributed by atoms with Gasteiger partial charge in [0.05, 0.1) is 11.3 Å². The van der Waals surface area contributed by atoms with Gasteiger partial charge in [0.15, 0.2) is 11.0 Å². The Morgan fingerprint density at radius 3 is 2.55 bits per heavy atom. The molecule has 4 rings (SSSR count). The van der Waals surface area contributed by atoms with E-state index in [1.54, 1.807) is 36.0 Å². The van der Waals surface area contributed by atoms with E-state index >= 15 is 0 Å². The minimum atomic E-state index is -0.372. The summed E-state index contributed by atoms with van der Waals surface area (Å²) in [4.78, 5) is 17.2. The van der Waals surface area contributed by atoms with E-state index in [9.17, 15) is 9.18 Å². The molecule has 0 bridgehead atoms. The number of nitrogens with zero attached hydrogens (tertiary/aromatic N) is 5. The van der Waals surface area contributed by atoms with E-state index < -0.39 is 0 Å². The molecule has 1 amide bonds. The second kappa shape index (κ2) is 9.13.